The highest BCUT2D eigenvalue weighted by atomic mass is 35.5. The molecule has 7 nitrogen and oxygen atoms in total. The van der Waals surface area contributed by atoms with Crippen molar-refractivity contribution >= 4 is 49.6 Å². The summed E-state index contributed by atoms with van der Waals surface area (Å²) < 4.78 is 6.67. The molecular weight excluding hydrogens is 460 g/mol. The second-order valence-electron chi connectivity index (χ2n) is 7.42. The maximum absolute atomic E-state index is 13.5. The van der Waals surface area contributed by atoms with Crippen LogP contribution in [0.15, 0.2) is 70.5 Å². The van der Waals surface area contributed by atoms with E-state index >= 15 is 0 Å². The third-order valence-corrected chi connectivity index (χ3v) is 6.82. The first-order valence-corrected chi connectivity index (χ1v) is 11.4. The molecule has 0 saturated heterocycles. The Labute approximate surface area is 197 Å². The third kappa shape index (κ3) is 3.93. The number of ether oxygens (including phenoxy) is 1. The van der Waals surface area contributed by atoms with E-state index in [2.05, 4.69) is 15.3 Å². The molecule has 5 aromatic rings. The summed E-state index contributed by atoms with van der Waals surface area (Å²) in [7, 11) is 1.64. The number of aromatic nitrogens is 3. The van der Waals surface area contributed by atoms with Crippen molar-refractivity contribution in [2.75, 3.05) is 25.6 Å². The number of hydrogen-bond acceptors (Lipinski definition) is 6. The monoisotopic (exact) mass is 478 g/mol. The molecule has 3 heterocycles. The molecule has 0 aliphatic carbocycles. The van der Waals surface area contributed by atoms with Gasteiger partial charge in [0, 0.05) is 51.8 Å². The molecule has 33 heavy (non-hydrogen) atoms. The molecule has 0 fully saturated rings. The van der Waals surface area contributed by atoms with Gasteiger partial charge in [-0.05, 0) is 24.3 Å². The summed E-state index contributed by atoms with van der Waals surface area (Å²) in [6.07, 6.45) is 3.24. The molecule has 3 aromatic heterocycles. The van der Waals surface area contributed by atoms with Crippen LogP contribution in [0.1, 0.15) is 0 Å². The van der Waals surface area contributed by atoms with Crippen LogP contribution in [0.25, 0.3) is 37.1 Å². The molecule has 0 unspecified atom stereocenters. The SMILES string of the molecule is COCCNc1ccc2cncc(-n3c(=O)[nH]c4cc(-c5ccccc5Cl)sc4c3=O)c2c1. The van der Waals surface area contributed by atoms with E-state index in [1.165, 1.54) is 17.5 Å². The number of pyridine rings is 1. The zero-order valence-electron chi connectivity index (χ0n) is 17.6. The van der Waals surface area contributed by atoms with Gasteiger partial charge in [-0.2, -0.15) is 0 Å². The Balaban J connectivity index is 1.68. The predicted molar refractivity (Wildman–Crippen MR) is 134 cm³/mol. The number of nitrogens with zero attached hydrogens (tertiary/aromatic N) is 2. The molecule has 0 radical (unpaired) electrons. The van der Waals surface area contributed by atoms with Crippen LogP contribution in [-0.2, 0) is 4.74 Å². The van der Waals surface area contributed by atoms with E-state index < -0.39 is 11.2 Å². The number of aromatic amines is 1. The van der Waals surface area contributed by atoms with E-state index in [0.717, 1.165) is 31.5 Å². The minimum absolute atomic E-state index is 0.399. The molecule has 0 spiro atoms. The number of nitrogens with one attached hydrogen (secondary N) is 2. The Morgan fingerprint density at radius 1 is 1.15 bits per heavy atom. The van der Waals surface area contributed by atoms with Crippen LogP contribution in [0.2, 0.25) is 5.02 Å². The summed E-state index contributed by atoms with van der Waals surface area (Å²) in [6.45, 7) is 1.19. The first kappa shape index (κ1) is 21.4. The fourth-order valence-electron chi connectivity index (χ4n) is 3.75. The lowest BCUT2D eigenvalue weighted by Crippen LogP contribution is -2.33. The summed E-state index contributed by atoms with van der Waals surface area (Å²) in [5, 5.41) is 5.41. The van der Waals surface area contributed by atoms with Gasteiger partial charge in [-0.3, -0.25) is 9.78 Å². The number of anilines is 1. The van der Waals surface area contributed by atoms with E-state index in [1.807, 2.05) is 36.4 Å². The number of fused-ring (bicyclic) bond motifs is 2. The fourth-order valence-corrected chi connectivity index (χ4v) is 5.13. The predicted octanol–water partition coefficient (Wildman–Crippen LogP) is 4.67. The first-order valence-electron chi connectivity index (χ1n) is 10.2. The normalized spacial score (nSPS) is 11.3. The molecule has 0 bridgehead atoms. The number of halogens is 1. The molecule has 0 amide bonds. The number of methoxy groups -OCH3 is 1. The van der Waals surface area contributed by atoms with E-state index in [0.29, 0.717) is 34.1 Å². The second-order valence-corrected chi connectivity index (χ2v) is 8.88. The van der Waals surface area contributed by atoms with E-state index in [4.69, 9.17) is 16.3 Å². The smallest absolute Gasteiger partial charge is 0.333 e. The van der Waals surface area contributed by atoms with Crippen molar-refractivity contribution in [3.63, 3.8) is 0 Å². The van der Waals surface area contributed by atoms with Gasteiger partial charge in [0.15, 0.2) is 0 Å². The van der Waals surface area contributed by atoms with Gasteiger partial charge in [0.25, 0.3) is 5.56 Å². The van der Waals surface area contributed by atoms with Crippen LogP contribution in [0, 0.1) is 0 Å². The van der Waals surface area contributed by atoms with Crippen LogP contribution in [0.5, 0.6) is 0 Å². The Kier molecular flexibility index (Phi) is 5.72. The zero-order valence-corrected chi connectivity index (χ0v) is 19.2. The fraction of sp³-hybridized carbons (Fsp3) is 0.125. The van der Waals surface area contributed by atoms with Gasteiger partial charge >= 0.3 is 5.69 Å². The number of rotatable bonds is 6. The summed E-state index contributed by atoms with van der Waals surface area (Å²) in [6, 6.07) is 14.9. The minimum atomic E-state index is -0.525. The van der Waals surface area contributed by atoms with Crippen molar-refractivity contribution < 1.29 is 4.74 Å². The van der Waals surface area contributed by atoms with Crippen LogP contribution in [0.4, 0.5) is 5.69 Å². The van der Waals surface area contributed by atoms with Crippen molar-refractivity contribution in [2.24, 2.45) is 0 Å². The van der Waals surface area contributed by atoms with E-state index in [9.17, 15) is 9.59 Å². The molecule has 166 valence electrons. The average molecular weight is 479 g/mol. The lowest BCUT2D eigenvalue weighted by Gasteiger charge is -2.11. The molecule has 0 aliphatic heterocycles. The van der Waals surface area contributed by atoms with Crippen molar-refractivity contribution in [3.05, 3.63) is 86.8 Å². The van der Waals surface area contributed by atoms with Crippen molar-refractivity contribution in [2.45, 2.75) is 0 Å². The van der Waals surface area contributed by atoms with Gasteiger partial charge in [-0.25, -0.2) is 9.36 Å². The van der Waals surface area contributed by atoms with Gasteiger partial charge in [0.1, 0.15) is 4.70 Å². The summed E-state index contributed by atoms with van der Waals surface area (Å²) >= 11 is 7.64. The van der Waals surface area contributed by atoms with Crippen molar-refractivity contribution in [1.29, 1.82) is 0 Å². The second kappa shape index (κ2) is 8.82. The van der Waals surface area contributed by atoms with Gasteiger partial charge in [0.2, 0.25) is 0 Å². The third-order valence-electron chi connectivity index (χ3n) is 5.33. The highest BCUT2D eigenvalue weighted by Crippen LogP contribution is 2.35. The van der Waals surface area contributed by atoms with Gasteiger partial charge < -0.3 is 15.0 Å². The van der Waals surface area contributed by atoms with Crippen LogP contribution in [-0.4, -0.2) is 34.8 Å². The van der Waals surface area contributed by atoms with Gasteiger partial charge in [-0.1, -0.05) is 35.9 Å². The van der Waals surface area contributed by atoms with E-state index in [-0.39, 0.29) is 0 Å². The summed E-state index contributed by atoms with van der Waals surface area (Å²) in [5.41, 5.74) is 1.65. The molecule has 0 atom stereocenters. The van der Waals surface area contributed by atoms with Gasteiger partial charge in [0.05, 0.1) is 24.0 Å². The average Bonchev–Trinajstić information content (AvgIpc) is 3.24. The Morgan fingerprint density at radius 3 is 2.82 bits per heavy atom. The molecule has 0 aliphatic rings. The van der Waals surface area contributed by atoms with Crippen LogP contribution >= 0.6 is 22.9 Å². The van der Waals surface area contributed by atoms with Crippen LogP contribution in [0.3, 0.4) is 0 Å². The zero-order chi connectivity index (χ0) is 22.9. The molecule has 2 N–H and O–H groups in total. The highest BCUT2D eigenvalue weighted by Gasteiger charge is 2.17. The van der Waals surface area contributed by atoms with E-state index in [1.54, 1.807) is 25.4 Å². The van der Waals surface area contributed by atoms with Gasteiger partial charge in [-0.15, -0.1) is 11.3 Å². The maximum Gasteiger partial charge on any atom is 0.333 e. The molecule has 2 aromatic carbocycles. The van der Waals surface area contributed by atoms with Crippen molar-refractivity contribution in [3.8, 4) is 16.1 Å². The minimum Gasteiger partial charge on any atom is -0.383 e. The summed E-state index contributed by atoms with van der Waals surface area (Å²) in [5.74, 6) is 0. The maximum atomic E-state index is 13.5. The lowest BCUT2D eigenvalue weighted by molar-refractivity contribution is 0.211. The Bertz CT molecular complexity index is 1610. The Hall–Kier alpha value is -3.46. The quantitative estimate of drug-likeness (QED) is 0.346. The van der Waals surface area contributed by atoms with Crippen molar-refractivity contribution in [1.82, 2.24) is 14.5 Å². The molecule has 5 rings (SSSR count). The molecule has 0 saturated carbocycles. The largest absolute Gasteiger partial charge is 0.383 e. The topological polar surface area (TPSA) is 89.0 Å². The highest BCUT2D eigenvalue weighted by molar-refractivity contribution is 7.22. The first-order chi connectivity index (χ1) is 16.1. The standard InChI is InChI=1S/C24H19ClN4O3S/c1-32-9-8-27-15-7-6-14-12-26-13-20(17(14)10-15)29-23(30)22-19(28-24(29)31)11-21(33-22)16-4-2-3-5-18(16)25/h2-7,10-13,27H,8-9H2,1H3,(H,28,31). The molecule has 9 heteroatoms. The Morgan fingerprint density at radius 2 is 2.00 bits per heavy atom. The number of H-pyrrole nitrogens is 1. The number of hydrogen-bond donors (Lipinski definition) is 2. The summed E-state index contributed by atoms with van der Waals surface area (Å²) in [4.78, 5) is 34.4. The van der Waals surface area contributed by atoms with Crippen LogP contribution < -0.4 is 16.6 Å². The lowest BCUT2D eigenvalue weighted by atomic mass is 10.1. The number of benzene rings is 2. The molecular formula is C24H19ClN4O3S. The number of thiophene rings is 1.